The van der Waals surface area contributed by atoms with Gasteiger partial charge in [-0.2, -0.15) is 0 Å². The van der Waals surface area contributed by atoms with E-state index >= 15 is 0 Å². The number of rotatable bonds is 5. The molecule has 112 valence electrons. The van der Waals surface area contributed by atoms with E-state index in [1.54, 1.807) is 31.4 Å². The first-order valence-corrected chi connectivity index (χ1v) is 6.35. The Morgan fingerprint density at radius 2 is 2.10 bits per heavy atom. The Balaban J connectivity index is 2.06. The van der Waals surface area contributed by atoms with Crippen LogP contribution < -0.4 is 15.8 Å². The fourth-order valence-corrected chi connectivity index (χ4v) is 1.62. The first-order chi connectivity index (χ1) is 10.0. The van der Waals surface area contributed by atoms with Crippen LogP contribution in [0.25, 0.3) is 0 Å². The van der Waals surface area contributed by atoms with Gasteiger partial charge in [0.25, 0.3) is 5.91 Å². The van der Waals surface area contributed by atoms with E-state index in [0.29, 0.717) is 11.4 Å². The third kappa shape index (κ3) is 3.59. The summed E-state index contributed by atoms with van der Waals surface area (Å²) in [5, 5.41) is 12.0. The molecular formula is C14H17N3O4. The molecule has 4 N–H and O–H groups in total. The number of hydrogen-bond donors (Lipinski definition) is 3. The standard InChI is InChI=1S/C14H17N3O4/c1-8(18)12(15)14-17-11(7-21-14)13(19)16-9-3-5-10(20-2)6-4-9/h3-8,12,18H,15H2,1-2H3,(H,16,19). The number of carbonyl (C=O) groups excluding carboxylic acids is 1. The SMILES string of the molecule is COc1ccc(NC(=O)c2coc(C(N)C(C)O)n2)cc1. The second-order valence-corrected chi connectivity index (χ2v) is 4.52. The van der Waals surface area contributed by atoms with E-state index in [9.17, 15) is 9.90 Å². The van der Waals surface area contributed by atoms with Crippen LogP contribution >= 0.6 is 0 Å². The van der Waals surface area contributed by atoms with Crippen LogP contribution in [-0.4, -0.2) is 29.2 Å². The number of aromatic nitrogens is 1. The minimum absolute atomic E-state index is 0.0944. The Bertz CT molecular complexity index is 607. The summed E-state index contributed by atoms with van der Waals surface area (Å²) in [4.78, 5) is 16.0. The van der Waals surface area contributed by atoms with Crippen molar-refractivity contribution in [3.05, 3.63) is 42.1 Å². The smallest absolute Gasteiger partial charge is 0.277 e. The summed E-state index contributed by atoms with van der Waals surface area (Å²) in [5.41, 5.74) is 6.38. The largest absolute Gasteiger partial charge is 0.497 e. The lowest BCUT2D eigenvalue weighted by atomic mass is 10.2. The van der Waals surface area contributed by atoms with Crippen molar-refractivity contribution in [2.75, 3.05) is 12.4 Å². The average molecular weight is 291 g/mol. The van der Waals surface area contributed by atoms with Crippen molar-refractivity contribution in [3.8, 4) is 5.75 Å². The van der Waals surface area contributed by atoms with Gasteiger partial charge in [-0.1, -0.05) is 0 Å². The molecule has 21 heavy (non-hydrogen) atoms. The number of aliphatic hydroxyl groups excluding tert-OH is 1. The van der Waals surface area contributed by atoms with Gasteiger partial charge in [-0.3, -0.25) is 4.79 Å². The van der Waals surface area contributed by atoms with Crippen LogP contribution in [-0.2, 0) is 0 Å². The lowest BCUT2D eigenvalue weighted by molar-refractivity contribution is 0.102. The van der Waals surface area contributed by atoms with E-state index in [1.165, 1.54) is 13.2 Å². The van der Waals surface area contributed by atoms with Crippen LogP contribution in [0, 0.1) is 0 Å². The highest BCUT2D eigenvalue weighted by Gasteiger charge is 2.20. The molecule has 1 aromatic heterocycles. The minimum atomic E-state index is -0.818. The van der Waals surface area contributed by atoms with Gasteiger partial charge in [0.2, 0.25) is 5.89 Å². The van der Waals surface area contributed by atoms with Crippen LogP contribution in [0.5, 0.6) is 5.75 Å². The number of nitrogens with one attached hydrogen (secondary N) is 1. The lowest BCUT2D eigenvalue weighted by Crippen LogP contribution is -2.23. The second-order valence-electron chi connectivity index (χ2n) is 4.52. The molecule has 0 aliphatic rings. The number of ether oxygens (including phenoxy) is 1. The Morgan fingerprint density at radius 1 is 1.43 bits per heavy atom. The Labute approximate surface area is 121 Å². The second kappa shape index (κ2) is 6.38. The first-order valence-electron chi connectivity index (χ1n) is 6.35. The van der Waals surface area contributed by atoms with Crippen molar-refractivity contribution in [1.29, 1.82) is 0 Å². The number of nitrogens with two attached hydrogens (primary N) is 1. The number of nitrogens with zero attached hydrogens (tertiary/aromatic N) is 1. The summed E-state index contributed by atoms with van der Waals surface area (Å²) in [5.74, 6) is 0.387. The zero-order valence-electron chi connectivity index (χ0n) is 11.7. The summed E-state index contributed by atoms with van der Waals surface area (Å²) in [6.07, 6.45) is 0.386. The van der Waals surface area contributed by atoms with E-state index in [4.69, 9.17) is 14.9 Å². The molecule has 0 spiro atoms. The topological polar surface area (TPSA) is 111 Å². The van der Waals surface area contributed by atoms with Crippen LogP contribution in [0.15, 0.2) is 34.9 Å². The quantitative estimate of drug-likeness (QED) is 0.766. The highest BCUT2D eigenvalue weighted by atomic mass is 16.5. The molecular weight excluding hydrogens is 274 g/mol. The molecule has 1 amide bonds. The Morgan fingerprint density at radius 3 is 2.67 bits per heavy atom. The molecule has 0 radical (unpaired) electrons. The highest BCUT2D eigenvalue weighted by Crippen LogP contribution is 2.17. The number of methoxy groups -OCH3 is 1. The van der Waals surface area contributed by atoms with Gasteiger partial charge in [0.15, 0.2) is 5.69 Å². The maximum atomic E-state index is 12.0. The number of amides is 1. The van der Waals surface area contributed by atoms with Crippen LogP contribution in [0.3, 0.4) is 0 Å². The van der Waals surface area contributed by atoms with E-state index in [-0.39, 0.29) is 11.6 Å². The zero-order valence-corrected chi connectivity index (χ0v) is 11.7. The van der Waals surface area contributed by atoms with Gasteiger partial charge in [-0.15, -0.1) is 0 Å². The van der Waals surface area contributed by atoms with Crippen molar-refractivity contribution in [2.45, 2.75) is 19.1 Å². The molecule has 2 unspecified atom stereocenters. The maximum Gasteiger partial charge on any atom is 0.277 e. The van der Waals surface area contributed by atoms with Gasteiger partial charge in [0.1, 0.15) is 18.1 Å². The summed E-state index contributed by atoms with van der Waals surface area (Å²) in [7, 11) is 1.57. The van der Waals surface area contributed by atoms with E-state index < -0.39 is 18.1 Å². The fraction of sp³-hybridized carbons (Fsp3) is 0.286. The zero-order chi connectivity index (χ0) is 15.4. The van der Waals surface area contributed by atoms with Gasteiger partial charge < -0.3 is 25.3 Å². The minimum Gasteiger partial charge on any atom is -0.497 e. The summed E-state index contributed by atoms with van der Waals surface area (Å²) in [6, 6.07) is 6.10. The number of anilines is 1. The molecule has 0 fully saturated rings. The predicted octanol–water partition coefficient (Wildman–Crippen LogP) is 1.32. The maximum absolute atomic E-state index is 12.0. The third-order valence-corrected chi connectivity index (χ3v) is 2.91. The highest BCUT2D eigenvalue weighted by molar-refractivity contribution is 6.02. The number of carbonyl (C=O) groups is 1. The Kier molecular flexibility index (Phi) is 4.56. The lowest BCUT2D eigenvalue weighted by Gasteiger charge is -2.09. The Hall–Kier alpha value is -2.38. The number of hydrogen-bond acceptors (Lipinski definition) is 6. The summed E-state index contributed by atoms with van der Waals surface area (Å²) >= 11 is 0. The van der Waals surface area contributed by atoms with Crippen molar-refractivity contribution < 1.29 is 19.1 Å². The monoisotopic (exact) mass is 291 g/mol. The molecule has 0 aliphatic heterocycles. The molecule has 0 saturated carbocycles. The van der Waals surface area contributed by atoms with Gasteiger partial charge >= 0.3 is 0 Å². The van der Waals surface area contributed by atoms with Crippen molar-refractivity contribution in [3.63, 3.8) is 0 Å². The first kappa shape index (κ1) is 15.0. The molecule has 7 heteroatoms. The molecule has 2 rings (SSSR count). The number of aliphatic hydroxyl groups is 1. The molecule has 1 heterocycles. The average Bonchev–Trinajstić information content (AvgIpc) is 2.97. The predicted molar refractivity (Wildman–Crippen MR) is 76.1 cm³/mol. The fourth-order valence-electron chi connectivity index (χ4n) is 1.62. The van der Waals surface area contributed by atoms with Gasteiger partial charge in [0, 0.05) is 5.69 Å². The molecule has 1 aromatic carbocycles. The molecule has 7 nitrogen and oxygen atoms in total. The third-order valence-electron chi connectivity index (χ3n) is 2.91. The molecule has 2 aromatic rings. The number of oxazole rings is 1. The van der Waals surface area contributed by atoms with E-state index in [0.717, 1.165) is 0 Å². The van der Waals surface area contributed by atoms with Gasteiger partial charge in [0.05, 0.1) is 13.2 Å². The van der Waals surface area contributed by atoms with Crippen LogP contribution in [0.1, 0.15) is 29.3 Å². The van der Waals surface area contributed by atoms with Gasteiger partial charge in [-0.25, -0.2) is 4.98 Å². The van der Waals surface area contributed by atoms with Crippen molar-refractivity contribution in [1.82, 2.24) is 4.98 Å². The van der Waals surface area contributed by atoms with Crippen LogP contribution in [0.4, 0.5) is 5.69 Å². The molecule has 0 saturated heterocycles. The van der Waals surface area contributed by atoms with Gasteiger partial charge in [-0.05, 0) is 31.2 Å². The molecule has 2 atom stereocenters. The summed E-state index contributed by atoms with van der Waals surface area (Å²) < 4.78 is 10.1. The van der Waals surface area contributed by atoms with E-state index in [1.807, 2.05) is 0 Å². The number of benzene rings is 1. The van der Waals surface area contributed by atoms with Crippen molar-refractivity contribution >= 4 is 11.6 Å². The molecule has 0 bridgehead atoms. The van der Waals surface area contributed by atoms with Crippen LogP contribution in [0.2, 0.25) is 0 Å². The normalized spacial score (nSPS) is 13.5. The molecule has 0 aliphatic carbocycles. The van der Waals surface area contributed by atoms with E-state index in [2.05, 4.69) is 10.3 Å². The summed E-state index contributed by atoms with van der Waals surface area (Å²) in [6.45, 7) is 1.52. The van der Waals surface area contributed by atoms with Crippen molar-refractivity contribution in [2.24, 2.45) is 5.73 Å².